The molecule has 1 saturated heterocycles. The first kappa shape index (κ1) is 15.4. The van der Waals surface area contributed by atoms with Crippen molar-refractivity contribution in [2.24, 2.45) is 0 Å². The standard InChI is InChI=1S/C14H19N3O4/c1-15-9-13-10-16(5-6-21-13)14(18)8-11-3-2-4-12(7-11)17(19)20/h2-4,7,13,15H,5-6,8-10H2,1H3. The lowest BCUT2D eigenvalue weighted by atomic mass is 10.1. The van der Waals surface area contributed by atoms with Gasteiger partial charge in [-0.15, -0.1) is 0 Å². The van der Waals surface area contributed by atoms with Crippen molar-refractivity contribution < 1.29 is 14.5 Å². The van der Waals surface area contributed by atoms with Gasteiger partial charge in [0.15, 0.2) is 0 Å². The number of amides is 1. The lowest BCUT2D eigenvalue weighted by Crippen LogP contribution is -2.49. The Kier molecular flexibility index (Phi) is 5.24. The molecule has 1 aromatic carbocycles. The van der Waals surface area contributed by atoms with Crippen molar-refractivity contribution in [1.29, 1.82) is 0 Å². The molecule has 7 nitrogen and oxygen atoms in total. The van der Waals surface area contributed by atoms with Crippen LogP contribution < -0.4 is 5.32 Å². The van der Waals surface area contributed by atoms with Gasteiger partial charge in [-0.05, 0) is 12.6 Å². The number of carbonyl (C=O) groups excluding carboxylic acids is 1. The Morgan fingerprint density at radius 3 is 3.10 bits per heavy atom. The van der Waals surface area contributed by atoms with Gasteiger partial charge in [0.2, 0.25) is 5.91 Å². The van der Waals surface area contributed by atoms with Crippen molar-refractivity contribution in [1.82, 2.24) is 10.2 Å². The van der Waals surface area contributed by atoms with Crippen LogP contribution >= 0.6 is 0 Å². The quantitative estimate of drug-likeness (QED) is 0.634. The Morgan fingerprint density at radius 1 is 1.57 bits per heavy atom. The van der Waals surface area contributed by atoms with Crippen LogP contribution in [0, 0.1) is 10.1 Å². The Bertz CT molecular complexity index is 519. The van der Waals surface area contributed by atoms with Crippen LogP contribution in [0.2, 0.25) is 0 Å². The molecule has 1 atom stereocenters. The highest BCUT2D eigenvalue weighted by molar-refractivity contribution is 5.79. The molecule has 0 spiro atoms. The van der Waals surface area contributed by atoms with Crippen LogP contribution in [0.15, 0.2) is 24.3 Å². The fraction of sp³-hybridized carbons (Fsp3) is 0.500. The Morgan fingerprint density at radius 2 is 2.38 bits per heavy atom. The van der Waals surface area contributed by atoms with Crippen molar-refractivity contribution in [3.8, 4) is 0 Å². The number of nitro groups is 1. The predicted octanol–water partition coefficient (Wildman–Crippen LogP) is 0.584. The molecule has 0 saturated carbocycles. The van der Waals surface area contributed by atoms with Gasteiger partial charge in [-0.3, -0.25) is 14.9 Å². The molecule has 0 aliphatic carbocycles. The van der Waals surface area contributed by atoms with Crippen LogP contribution in [0.4, 0.5) is 5.69 Å². The average Bonchev–Trinajstić information content (AvgIpc) is 2.48. The summed E-state index contributed by atoms with van der Waals surface area (Å²) in [6, 6.07) is 6.20. The average molecular weight is 293 g/mol. The zero-order valence-electron chi connectivity index (χ0n) is 11.9. The number of nitrogens with zero attached hydrogens (tertiary/aromatic N) is 2. The third-order valence-corrected chi connectivity index (χ3v) is 3.40. The van der Waals surface area contributed by atoms with Crippen molar-refractivity contribution in [2.75, 3.05) is 33.3 Å². The summed E-state index contributed by atoms with van der Waals surface area (Å²) in [6.45, 7) is 2.33. The second-order valence-electron chi connectivity index (χ2n) is 4.99. The van der Waals surface area contributed by atoms with E-state index in [4.69, 9.17) is 4.74 Å². The molecule has 1 amide bonds. The number of ether oxygens (including phenoxy) is 1. The second kappa shape index (κ2) is 7.14. The summed E-state index contributed by atoms with van der Waals surface area (Å²) in [6.07, 6.45) is 0.173. The van der Waals surface area contributed by atoms with E-state index < -0.39 is 4.92 Å². The van der Waals surface area contributed by atoms with E-state index in [0.29, 0.717) is 31.8 Å². The van der Waals surface area contributed by atoms with E-state index in [2.05, 4.69) is 5.32 Å². The molecule has 0 aromatic heterocycles. The third-order valence-electron chi connectivity index (χ3n) is 3.40. The Balaban J connectivity index is 1.97. The molecule has 1 heterocycles. The smallest absolute Gasteiger partial charge is 0.269 e. The van der Waals surface area contributed by atoms with Gasteiger partial charge in [-0.2, -0.15) is 0 Å². The fourth-order valence-corrected chi connectivity index (χ4v) is 2.36. The van der Waals surface area contributed by atoms with E-state index in [0.717, 1.165) is 0 Å². The monoisotopic (exact) mass is 293 g/mol. The number of nitrogens with one attached hydrogen (secondary N) is 1. The molecule has 1 unspecified atom stereocenters. The molecule has 0 radical (unpaired) electrons. The number of hydrogen-bond acceptors (Lipinski definition) is 5. The lowest BCUT2D eigenvalue weighted by Gasteiger charge is -2.33. The zero-order valence-corrected chi connectivity index (χ0v) is 11.9. The molecule has 21 heavy (non-hydrogen) atoms. The molecule has 1 fully saturated rings. The number of carbonyl (C=O) groups is 1. The topological polar surface area (TPSA) is 84.7 Å². The number of nitro benzene ring substituents is 1. The number of hydrogen-bond donors (Lipinski definition) is 1. The van der Waals surface area contributed by atoms with Gasteiger partial charge >= 0.3 is 0 Å². The van der Waals surface area contributed by atoms with Crippen LogP contribution in [0.3, 0.4) is 0 Å². The summed E-state index contributed by atoms with van der Waals surface area (Å²) >= 11 is 0. The highest BCUT2D eigenvalue weighted by Crippen LogP contribution is 2.15. The van der Waals surface area contributed by atoms with Gasteiger partial charge in [0.1, 0.15) is 0 Å². The summed E-state index contributed by atoms with van der Waals surface area (Å²) in [5, 5.41) is 13.8. The van der Waals surface area contributed by atoms with E-state index >= 15 is 0 Å². The molecule has 0 bridgehead atoms. The number of likely N-dealkylation sites (N-methyl/N-ethyl adjacent to an activating group) is 1. The van der Waals surface area contributed by atoms with Gasteiger partial charge in [0, 0.05) is 31.8 Å². The number of non-ortho nitro benzene ring substituents is 1. The zero-order chi connectivity index (χ0) is 15.2. The molecule has 2 rings (SSSR count). The summed E-state index contributed by atoms with van der Waals surface area (Å²) in [5.41, 5.74) is 0.668. The van der Waals surface area contributed by atoms with Gasteiger partial charge < -0.3 is 15.0 Å². The first-order chi connectivity index (χ1) is 10.1. The molecular weight excluding hydrogens is 274 g/mol. The largest absolute Gasteiger partial charge is 0.373 e. The van der Waals surface area contributed by atoms with Crippen LogP contribution in [0.5, 0.6) is 0 Å². The highest BCUT2D eigenvalue weighted by Gasteiger charge is 2.24. The summed E-state index contributed by atoms with van der Waals surface area (Å²) in [7, 11) is 1.84. The second-order valence-corrected chi connectivity index (χ2v) is 4.99. The normalized spacial score (nSPS) is 18.5. The lowest BCUT2D eigenvalue weighted by molar-refractivity contribution is -0.384. The van der Waals surface area contributed by atoms with Crippen molar-refractivity contribution >= 4 is 11.6 Å². The van der Waals surface area contributed by atoms with Crippen LogP contribution in [0.1, 0.15) is 5.56 Å². The van der Waals surface area contributed by atoms with E-state index in [-0.39, 0.29) is 24.1 Å². The van der Waals surface area contributed by atoms with Crippen molar-refractivity contribution in [3.63, 3.8) is 0 Å². The summed E-state index contributed by atoms with van der Waals surface area (Å²) in [4.78, 5) is 24.3. The molecule has 1 aromatic rings. The molecule has 114 valence electrons. The maximum atomic E-state index is 12.3. The number of benzene rings is 1. The number of morpholine rings is 1. The van der Waals surface area contributed by atoms with E-state index in [1.807, 2.05) is 7.05 Å². The molecule has 1 N–H and O–H groups in total. The van der Waals surface area contributed by atoms with Crippen molar-refractivity contribution in [3.05, 3.63) is 39.9 Å². The number of rotatable bonds is 5. The molecule has 1 aliphatic rings. The van der Waals surface area contributed by atoms with E-state index in [1.165, 1.54) is 12.1 Å². The van der Waals surface area contributed by atoms with Crippen LogP contribution in [-0.2, 0) is 16.0 Å². The minimum atomic E-state index is -0.453. The summed E-state index contributed by atoms with van der Waals surface area (Å²) < 4.78 is 5.55. The SMILES string of the molecule is CNCC1CN(C(=O)Cc2cccc([N+](=O)[O-])c2)CCO1. The minimum absolute atomic E-state index is 0.00203. The van der Waals surface area contributed by atoms with Gasteiger partial charge in [0.25, 0.3) is 5.69 Å². The fourth-order valence-electron chi connectivity index (χ4n) is 2.36. The molecule has 1 aliphatic heterocycles. The predicted molar refractivity (Wildman–Crippen MR) is 77.0 cm³/mol. The van der Waals surface area contributed by atoms with Gasteiger partial charge in [-0.1, -0.05) is 12.1 Å². The highest BCUT2D eigenvalue weighted by atomic mass is 16.6. The van der Waals surface area contributed by atoms with Gasteiger partial charge in [-0.25, -0.2) is 0 Å². The third kappa shape index (κ3) is 4.24. The minimum Gasteiger partial charge on any atom is -0.373 e. The Labute approximate surface area is 123 Å². The maximum Gasteiger partial charge on any atom is 0.269 e. The van der Waals surface area contributed by atoms with Crippen LogP contribution in [-0.4, -0.2) is 55.1 Å². The first-order valence-corrected chi connectivity index (χ1v) is 6.87. The van der Waals surface area contributed by atoms with E-state index in [9.17, 15) is 14.9 Å². The summed E-state index contributed by atoms with van der Waals surface area (Å²) in [5.74, 6) is -0.0279. The van der Waals surface area contributed by atoms with E-state index in [1.54, 1.807) is 17.0 Å². The Hall–Kier alpha value is -1.99. The van der Waals surface area contributed by atoms with Crippen molar-refractivity contribution in [2.45, 2.75) is 12.5 Å². The molecular formula is C14H19N3O4. The first-order valence-electron chi connectivity index (χ1n) is 6.87. The molecule has 7 heteroatoms. The van der Waals surface area contributed by atoms with Crippen LogP contribution in [0.25, 0.3) is 0 Å². The maximum absolute atomic E-state index is 12.3. The van der Waals surface area contributed by atoms with Gasteiger partial charge in [0.05, 0.1) is 24.1 Å².